The first-order chi connectivity index (χ1) is 8.13. The molecule has 0 bridgehead atoms. The smallest absolute Gasteiger partial charge is 0.317 e. The van der Waals surface area contributed by atoms with Gasteiger partial charge in [0.2, 0.25) is 0 Å². The zero-order valence-electron chi connectivity index (χ0n) is 10.7. The van der Waals surface area contributed by atoms with Crippen molar-refractivity contribution >= 4 is 6.03 Å². The topological polar surface area (TPSA) is 50.4 Å². The number of carbonyl (C=O) groups excluding carboxylic acids is 1. The highest BCUT2D eigenvalue weighted by Gasteiger charge is 1.99. The predicted octanol–water partition coefficient (Wildman–Crippen LogP) is 2.35. The van der Waals surface area contributed by atoms with Crippen molar-refractivity contribution in [2.24, 2.45) is 0 Å². The molecule has 1 aromatic carbocycles. The molecule has 17 heavy (non-hydrogen) atoms. The van der Waals surface area contributed by atoms with Gasteiger partial charge >= 0.3 is 6.03 Å². The van der Waals surface area contributed by atoms with Gasteiger partial charge in [0.05, 0.1) is 0 Å². The van der Waals surface area contributed by atoms with E-state index in [0.29, 0.717) is 6.54 Å². The van der Waals surface area contributed by atoms with E-state index < -0.39 is 0 Å². The van der Waals surface area contributed by atoms with Crippen molar-refractivity contribution in [3.63, 3.8) is 0 Å². The Kier molecular flexibility index (Phi) is 5.33. The molecule has 0 aliphatic carbocycles. The minimum Gasteiger partial charge on any atom is -0.473 e. The second kappa shape index (κ2) is 6.78. The van der Waals surface area contributed by atoms with Crippen molar-refractivity contribution in [3.05, 3.63) is 29.3 Å². The summed E-state index contributed by atoms with van der Waals surface area (Å²) in [6.07, 6.45) is 0.922. The van der Waals surface area contributed by atoms with E-state index in [9.17, 15) is 4.79 Å². The van der Waals surface area contributed by atoms with E-state index in [-0.39, 0.29) is 12.8 Å². The largest absolute Gasteiger partial charge is 0.473 e. The Morgan fingerprint density at radius 1 is 1.24 bits per heavy atom. The first-order valence-electron chi connectivity index (χ1n) is 5.85. The van der Waals surface area contributed by atoms with Crippen LogP contribution in [-0.2, 0) is 0 Å². The third kappa shape index (κ3) is 4.76. The summed E-state index contributed by atoms with van der Waals surface area (Å²) in [5, 5.41) is 5.34. The van der Waals surface area contributed by atoms with Crippen molar-refractivity contribution in [2.75, 3.05) is 13.3 Å². The monoisotopic (exact) mass is 236 g/mol. The van der Waals surface area contributed by atoms with E-state index in [4.69, 9.17) is 4.74 Å². The van der Waals surface area contributed by atoms with Gasteiger partial charge in [0.25, 0.3) is 0 Å². The summed E-state index contributed by atoms with van der Waals surface area (Å²) in [7, 11) is 0. The van der Waals surface area contributed by atoms with Crippen LogP contribution in [0.15, 0.2) is 18.2 Å². The molecular formula is C13H20N2O2. The third-order valence-corrected chi connectivity index (χ3v) is 2.49. The molecule has 0 spiro atoms. The van der Waals surface area contributed by atoms with Gasteiger partial charge in [-0.25, -0.2) is 4.79 Å². The quantitative estimate of drug-likeness (QED) is 0.771. The van der Waals surface area contributed by atoms with Crippen molar-refractivity contribution < 1.29 is 9.53 Å². The summed E-state index contributed by atoms with van der Waals surface area (Å²) in [6, 6.07) is 5.66. The SMILES string of the molecule is CCCNC(=O)NCOc1ccc(C)c(C)c1. The van der Waals surface area contributed by atoms with E-state index >= 15 is 0 Å². The zero-order chi connectivity index (χ0) is 12.7. The van der Waals surface area contributed by atoms with Gasteiger partial charge in [-0.15, -0.1) is 0 Å². The fourth-order valence-corrected chi connectivity index (χ4v) is 1.29. The molecule has 0 atom stereocenters. The Labute approximate surface area is 102 Å². The number of hydrogen-bond acceptors (Lipinski definition) is 2. The fraction of sp³-hybridized carbons (Fsp3) is 0.462. The number of benzene rings is 1. The van der Waals surface area contributed by atoms with Crippen LogP contribution in [0.3, 0.4) is 0 Å². The molecule has 0 heterocycles. The van der Waals surface area contributed by atoms with Gasteiger partial charge in [-0.1, -0.05) is 13.0 Å². The zero-order valence-corrected chi connectivity index (χ0v) is 10.7. The molecule has 1 aromatic rings. The van der Waals surface area contributed by atoms with Gasteiger partial charge in [0.1, 0.15) is 5.75 Å². The standard InChI is InChI=1S/C13H20N2O2/c1-4-7-14-13(16)15-9-17-12-6-5-10(2)11(3)8-12/h5-6,8H,4,7,9H2,1-3H3,(H2,14,15,16). The lowest BCUT2D eigenvalue weighted by Gasteiger charge is -2.10. The number of ether oxygens (including phenoxy) is 1. The van der Waals surface area contributed by atoms with Crippen molar-refractivity contribution in [2.45, 2.75) is 27.2 Å². The average molecular weight is 236 g/mol. The molecule has 0 saturated heterocycles. The molecule has 0 aliphatic rings. The van der Waals surface area contributed by atoms with Crippen LogP contribution in [0.1, 0.15) is 24.5 Å². The molecule has 2 amide bonds. The van der Waals surface area contributed by atoms with Crippen LogP contribution in [0.25, 0.3) is 0 Å². The van der Waals surface area contributed by atoms with Gasteiger partial charge in [-0.3, -0.25) is 0 Å². The maximum atomic E-state index is 11.2. The van der Waals surface area contributed by atoms with E-state index in [1.54, 1.807) is 0 Å². The van der Waals surface area contributed by atoms with Crippen molar-refractivity contribution in [1.82, 2.24) is 10.6 Å². The maximum Gasteiger partial charge on any atom is 0.317 e. The van der Waals surface area contributed by atoms with E-state index in [2.05, 4.69) is 17.6 Å². The summed E-state index contributed by atoms with van der Waals surface area (Å²) in [5.74, 6) is 0.767. The van der Waals surface area contributed by atoms with Crippen molar-refractivity contribution in [3.8, 4) is 5.75 Å². The Morgan fingerprint density at radius 3 is 2.65 bits per heavy atom. The molecule has 0 aromatic heterocycles. The number of carbonyl (C=O) groups is 1. The molecule has 2 N–H and O–H groups in total. The van der Waals surface area contributed by atoms with Crippen LogP contribution in [0, 0.1) is 13.8 Å². The number of rotatable bonds is 5. The Hall–Kier alpha value is -1.71. The predicted molar refractivity (Wildman–Crippen MR) is 68.2 cm³/mol. The number of hydrogen-bond donors (Lipinski definition) is 2. The Bertz CT molecular complexity index is 378. The molecule has 4 nitrogen and oxygen atoms in total. The molecule has 0 fully saturated rings. The van der Waals surface area contributed by atoms with Crippen LogP contribution in [0.2, 0.25) is 0 Å². The lowest BCUT2D eigenvalue weighted by Crippen LogP contribution is -2.37. The highest BCUT2D eigenvalue weighted by Crippen LogP contribution is 2.15. The van der Waals surface area contributed by atoms with Crippen molar-refractivity contribution in [1.29, 1.82) is 0 Å². The minimum absolute atomic E-state index is 0.179. The molecule has 0 radical (unpaired) electrons. The molecule has 0 unspecified atom stereocenters. The average Bonchev–Trinajstić information content (AvgIpc) is 2.31. The fourth-order valence-electron chi connectivity index (χ4n) is 1.29. The number of amides is 2. The van der Waals surface area contributed by atoms with Gasteiger partial charge in [0, 0.05) is 6.54 Å². The summed E-state index contributed by atoms with van der Waals surface area (Å²) >= 11 is 0. The number of nitrogens with one attached hydrogen (secondary N) is 2. The second-order valence-electron chi connectivity index (χ2n) is 3.97. The highest BCUT2D eigenvalue weighted by atomic mass is 16.5. The summed E-state index contributed by atoms with van der Waals surface area (Å²) < 4.78 is 5.42. The maximum absolute atomic E-state index is 11.2. The normalized spacial score (nSPS) is 9.82. The van der Waals surface area contributed by atoms with Crippen LogP contribution < -0.4 is 15.4 Å². The van der Waals surface area contributed by atoms with Crippen LogP contribution in [0.5, 0.6) is 5.75 Å². The summed E-state index contributed by atoms with van der Waals surface area (Å²) in [5.41, 5.74) is 2.41. The molecule has 0 saturated carbocycles. The van der Waals surface area contributed by atoms with Gasteiger partial charge in [0.15, 0.2) is 6.73 Å². The van der Waals surface area contributed by atoms with E-state index in [0.717, 1.165) is 12.2 Å². The lowest BCUT2D eigenvalue weighted by molar-refractivity contribution is 0.224. The number of aryl methyl sites for hydroxylation is 2. The minimum atomic E-state index is -0.198. The van der Waals surface area contributed by atoms with E-state index in [1.807, 2.05) is 32.0 Å². The van der Waals surface area contributed by atoms with Gasteiger partial charge in [-0.05, 0) is 43.5 Å². The molecule has 1 rings (SSSR count). The molecular weight excluding hydrogens is 216 g/mol. The second-order valence-corrected chi connectivity index (χ2v) is 3.97. The third-order valence-electron chi connectivity index (χ3n) is 2.49. The summed E-state index contributed by atoms with van der Waals surface area (Å²) in [4.78, 5) is 11.2. The van der Waals surface area contributed by atoms with Crippen LogP contribution in [-0.4, -0.2) is 19.3 Å². The first kappa shape index (κ1) is 13.4. The molecule has 4 heteroatoms. The first-order valence-corrected chi connectivity index (χ1v) is 5.85. The highest BCUT2D eigenvalue weighted by molar-refractivity contribution is 5.73. The van der Waals surface area contributed by atoms with Gasteiger partial charge < -0.3 is 15.4 Å². The summed E-state index contributed by atoms with van der Waals surface area (Å²) in [6.45, 7) is 6.94. The van der Waals surface area contributed by atoms with Crippen LogP contribution in [0.4, 0.5) is 4.79 Å². The van der Waals surface area contributed by atoms with Crippen LogP contribution >= 0.6 is 0 Å². The Morgan fingerprint density at radius 2 is 2.00 bits per heavy atom. The Balaban J connectivity index is 2.30. The number of urea groups is 1. The molecule has 94 valence electrons. The van der Waals surface area contributed by atoms with E-state index in [1.165, 1.54) is 11.1 Å². The van der Waals surface area contributed by atoms with Gasteiger partial charge in [-0.2, -0.15) is 0 Å². The molecule has 0 aliphatic heterocycles. The lowest BCUT2D eigenvalue weighted by atomic mass is 10.1.